The average molecular weight is 326 g/mol. The van der Waals surface area contributed by atoms with Gasteiger partial charge in [-0.15, -0.1) is 23.7 Å². The molecule has 0 bridgehead atoms. The number of nitrogens with two attached hydrogens (primary N) is 1. The molecular formula is C15H20ClN3OS. The molecule has 1 atom stereocenters. The minimum Gasteiger partial charge on any atom is -0.493 e. The number of hydrogen-bond acceptors (Lipinski definition) is 5. The van der Waals surface area contributed by atoms with Crippen LogP contribution in [0.4, 0.5) is 5.13 Å². The van der Waals surface area contributed by atoms with Crippen molar-refractivity contribution in [1.29, 1.82) is 0 Å². The average Bonchev–Trinajstić information content (AvgIpc) is 3.08. The van der Waals surface area contributed by atoms with Gasteiger partial charge in [0.1, 0.15) is 5.75 Å². The molecule has 0 amide bonds. The Kier molecular flexibility index (Phi) is 5.85. The van der Waals surface area contributed by atoms with Gasteiger partial charge in [0.15, 0.2) is 5.13 Å². The Balaban J connectivity index is 0.00000161. The van der Waals surface area contributed by atoms with Gasteiger partial charge in [0, 0.05) is 30.1 Å². The lowest BCUT2D eigenvalue weighted by Crippen LogP contribution is -2.21. The molecule has 0 aliphatic carbocycles. The van der Waals surface area contributed by atoms with Gasteiger partial charge in [0.25, 0.3) is 0 Å². The predicted molar refractivity (Wildman–Crippen MR) is 89.1 cm³/mol. The van der Waals surface area contributed by atoms with E-state index in [1.807, 2.05) is 36.5 Å². The molecule has 0 radical (unpaired) electrons. The van der Waals surface area contributed by atoms with Crippen molar-refractivity contribution in [3.8, 4) is 5.75 Å². The second-order valence-electron chi connectivity index (χ2n) is 5.18. The minimum absolute atomic E-state index is 0. The van der Waals surface area contributed by atoms with Gasteiger partial charge in [-0.05, 0) is 25.1 Å². The summed E-state index contributed by atoms with van der Waals surface area (Å²) in [5.74, 6) is 1.57. The summed E-state index contributed by atoms with van der Waals surface area (Å²) in [6, 6.07) is 10.0. The molecule has 6 heteroatoms. The van der Waals surface area contributed by atoms with Crippen molar-refractivity contribution in [2.75, 3.05) is 25.4 Å². The van der Waals surface area contributed by atoms with E-state index in [-0.39, 0.29) is 12.4 Å². The van der Waals surface area contributed by atoms with Crippen molar-refractivity contribution in [3.63, 3.8) is 0 Å². The van der Waals surface area contributed by atoms with Gasteiger partial charge >= 0.3 is 0 Å². The first-order valence-electron chi connectivity index (χ1n) is 6.90. The number of anilines is 1. The quantitative estimate of drug-likeness (QED) is 0.918. The van der Waals surface area contributed by atoms with Crippen LogP contribution >= 0.6 is 23.7 Å². The van der Waals surface area contributed by atoms with Gasteiger partial charge in [0.2, 0.25) is 0 Å². The molecule has 1 aromatic carbocycles. The van der Waals surface area contributed by atoms with E-state index in [1.54, 1.807) is 11.3 Å². The summed E-state index contributed by atoms with van der Waals surface area (Å²) in [4.78, 5) is 7.79. The van der Waals surface area contributed by atoms with Crippen LogP contribution in [0.1, 0.15) is 11.3 Å². The Bertz CT molecular complexity index is 549. The van der Waals surface area contributed by atoms with E-state index in [0.29, 0.717) is 11.0 Å². The number of para-hydroxylation sites is 1. The van der Waals surface area contributed by atoms with E-state index in [9.17, 15) is 0 Å². The zero-order valence-corrected chi connectivity index (χ0v) is 13.4. The molecule has 3 rings (SSSR count). The largest absolute Gasteiger partial charge is 0.493 e. The van der Waals surface area contributed by atoms with Crippen LogP contribution in [-0.4, -0.2) is 29.6 Å². The summed E-state index contributed by atoms with van der Waals surface area (Å²) in [6.07, 6.45) is 3.08. The number of hydrogen-bond donors (Lipinski definition) is 1. The Morgan fingerprint density at radius 1 is 1.33 bits per heavy atom. The van der Waals surface area contributed by atoms with Crippen molar-refractivity contribution in [1.82, 2.24) is 9.88 Å². The van der Waals surface area contributed by atoms with Gasteiger partial charge in [0.05, 0.1) is 6.61 Å². The predicted octanol–water partition coefficient (Wildman–Crippen LogP) is 3.05. The van der Waals surface area contributed by atoms with Crippen molar-refractivity contribution in [3.05, 3.63) is 41.4 Å². The maximum Gasteiger partial charge on any atom is 0.180 e. The fourth-order valence-electron chi connectivity index (χ4n) is 2.54. The monoisotopic (exact) mass is 325 g/mol. The topological polar surface area (TPSA) is 51.4 Å². The van der Waals surface area contributed by atoms with Gasteiger partial charge in [-0.3, -0.25) is 4.90 Å². The third-order valence-electron chi connectivity index (χ3n) is 3.55. The highest BCUT2D eigenvalue weighted by Gasteiger charge is 2.23. The highest BCUT2D eigenvalue weighted by Crippen LogP contribution is 2.23. The summed E-state index contributed by atoms with van der Waals surface area (Å²) < 4.78 is 5.84. The van der Waals surface area contributed by atoms with Gasteiger partial charge in [-0.1, -0.05) is 18.2 Å². The maximum atomic E-state index is 5.84. The lowest BCUT2D eigenvalue weighted by atomic mass is 10.1. The number of nitrogens with zero attached hydrogens (tertiary/aromatic N) is 2. The number of benzene rings is 1. The van der Waals surface area contributed by atoms with E-state index in [1.165, 1.54) is 11.3 Å². The fourth-order valence-corrected chi connectivity index (χ4v) is 3.27. The Hall–Kier alpha value is -1.30. The molecule has 21 heavy (non-hydrogen) atoms. The summed E-state index contributed by atoms with van der Waals surface area (Å²) in [5.41, 5.74) is 5.66. The lowest BCUT2D eigenvalue weighted by molar-refractivity contribution is 0.239. The summed E-state index contributed by atoms with van der Waals surface area (Å²) >= 11 is 1.58. The number of likely N-dealkylation sites (tertiary alicyclic amines) is 1. The van der Waals surface area contributed by atoms with Crippen LogP contribution in [0.5, 0.6) is 5.75 Å². The molecule has 2 N–H and O–H groups in total. The first-order valence-corrected chi connectivity index (χ1v) is 7.71. The van der Waals surface area contributed by atoms with Crippen molar-refractivity contribution < 1.29 is 4.74 Å². The molecule has 2 aromatic rings. The summed E-state index contributed by atoms with van der Waals surface area (Å²) in [7, 11) is 0. The van der Waals surface area contributed by atoms with E-state index in [2.05, 4.69) is 9.88 Å². The second-order valence-corrected chi connectivity index (χ2v) is 6.33. The van der Waals surface area contributed by atoms with Crippen molar-refractivity contribution in [2.24, 2.45) is 5.92 Å². The molecule has 1 saturated heterocycles. The molecule has 1 unspecified atom stereocenters. The van der Waals surface area contributed by atoms with Crippen molar-refractivity contribution >= 4 is 28.9 Å². The standard InChI is InChI=1S/C15H19N3OS.ClH/c16-15-17-8-14(20-15)10-18-7-6-12(9-18)11-19-13-4-2-1-3-5-13;/h1-5,8,12H,6-7,9-11H2,(H2,16,17);1H. The molecule has 1 aromatic heterocycles. The Labute approximate surface area is 135 Å². The molecule has 4 nitrogen and oxygen atoms in total. The summed E-state index contributed by atoms with van der Waals surface area (Å²) in [6.45, 7) is 3.97. The highest BCUT2D eigenvalue weighted by molar-refractivity contribution is 7.15. The zero-order valence-electron chi connectivity index (χ0n) is 11.8. The third kappa shape index (κ3) is 4.59. The molecule has 0 saturated carbocycles. The second kappa shape index (κ2) is 7.64. The van der Waals surface area contributed by atoms with E-state index in [4.69, 9.17) is 10.5 Å². The molecule has 2 heterocycles. The minimum atomic E-state index is 0. The SMILES string of the molecule is Cl.Nc1ncc(CN2CCC(COc3ccccc3)C2)s1. The maximum absolute atomic E-state index is 5.84. The molecule has 0 spiro atoms. The van der Waals surface area contributed by atoms with E-state index in [0.717, 1.165) is 32.0 Å². The molecule has 1 fully saturated rings. The Morgan fingerprint density at radius 3 is 2.86 bits per heavy atom. The smallest absolute Gasteiger partial charge is 0.180 e. The summed E-state index contributed by atoms with van der Waals surface area (Å²) in [5, 5.41) is 0.656. The number of halogens is 1. The number of rotatable bonds is 5. The first-order chi connectivity index (χ1) is 9.79. The Morgan fingerprint density at radius 2 is 2.14 bits per heavy atom. The lowest BCUT2D eigenvalue weighted by Gasteiger charge is -2.15. The van der Waals surface area contributed by atoms with Crippen molar-refractivity contribution in [2.45, 2.75) is 13.0 Å². The van der Waals surface area contributed by atoms with Gasteiger partial charge in [-0.25, -0.2) is 4.98 Å². The van der Waals surface area contributed by atoms with Crippen LogP contribution < -0.4 is 10.5 Å². The number of thiazole rings is 1. The van der Waals surface area contributed by atoms with Gasteiger partial charge < -0.3 is 10.5 Å². The first kappa shape index (κ1) is 16.1. The van der Waals surface area contributed by atoms with E-state index >= 15 is 0 Å². The normalized spacial score (nSPS) is 18.4. The highest BCUT2D eigenvalue weighted by atomic mass is 35.5. The van der Waals surface area contributed by atoms with Crippen LogP contribution in [0.3, 0.4) is 0 Å². The van der Waals surface area contributed by atoms with Crippen LogP contribution in [0, 0.1) is 5.92 Å². The number of ether oxygens (including phenoxy) is 1. The van der Waals surface area contributed by atoms with E-state index < -0.39 is 0 Å². The number of aromatic nitrogens is 1. The molecular weight excluding hydrogens is 306 g/mol. The molecule has 114 valence electrons. The molecule has 1 aliphatic rings. The van der Waals surface area contributed by atoms with Gasteiger partial charge in [-0.2, -0.15) is 0 Å². The van der Waals surface area contributed by atoms with Crippen LogP contribution in [-0.2, 0) is 6.54 Å². The van der Waals surface area contributed by atoms with Crippen LogP contribution in [0.15, 0.2) is 36.5 Å². The number of nitrogen functional groups attached to an aromatic ring is 1. The zero-order chi connectivity index (χ0) is 13.8. The van der Waals surface area contributed by atoms with Crippen LogP contribution in [0.2, 0.25) is 0 Å². The molecule has 1 aliphatic heterocycles. The van der Waals surface area contributed by atoms with Crippen LogP contribution in [0.25, 0.3) is 0 Å². The fraction of sp³-hybridized carbons (Fsp3) is 0.400. The third-order valence-corrected chi connectivity index (χ3v) is 4.36.